The van der Waals surface area contributed by atoms with Crippen molar-refractivity contribution in [3.05, 3.63) is 0 Å². The third-order valence-corrected chi connectivity index (χ3v) is 3.46. The SMILES string of the molecule is CC(C)(C)OC(=O)N1CCO[C@@](C)(CBr)C1. The number of morpholine rings is 1. The van der Waals surface area contributed by atoms with Gasteiger partial charge in [-0.1, -0.05) is 15.9 Å². The van der Waals surface area contributed by atoms with E-state index in [9.17, 15) is 4.79 Å². The lowest BCUT2D eigenvalue weighted by Crippen LogP contribution is -2.54. The van der Waals surface area contributed by atoms with Crippen LogP contribution in [0.25, 0.3) is 0 Å². The van der Waals surface area contributed by atoms with Gasteiger partial charge < -0.3 is 14.4 Å². The number of amides is 1. The number of nitrogens with zero attached hydrogens (tertiary/aromatic N) is 1. The quantitative estimate of drug-likeness (QED) is 0.697. The zero-order chi connectivity index (χ0) is 12.4. The van der Waals surface area contributed by atoms with Crippen molar-refractivity contribution in [1.29, 1.82) is 0 Å². The molecule has 1 amide bonds. The van der Waals surface area contributed by atoms with Gasteiger partial charge in [0, 0.05) is 11.9 Å². The van der Waals surface area contributed by atoms with Crippen molar-refractivity contribution in [3.8, 4) is 0 Å². The predicted molar refractivity (Wildman–Crippen MR) is 66.0 cm³/mol. The van der Waals surface area contributed by atoms with Crippen molar-refractivity contribution in [3.63, 3.8) is 0 Å². The van der Waals surface area contributed by atoms with Crippen LogP contribution in [0.4, 0.5) is 4.79 Å². The lowest BCUT2D eigenvalue weighted by molar-refractivity contribution is -0.0844. The molecule has 0 spiro atoms. The Hall–Kier alpha value is -0.290. The molecule has 0 aliphatic carbocycles. The third kappa shape index (κ3) is 3.94. The fourth-order valence-corrected chi connectivity index (χ4v) is 1.83. The molecule has 4 nitrogen and oxygen atoms in total. The topological polar surface area (TPSA) is 38.8 Å². The lowest BCUT2D eigenvalue weighted by Gasteiger charge is -2.39. The van der Waals surface area contributed by atoms with Crippen molar-refractivity contribution in [2.45, 2.75) is 38.9 Å². The summed E-state index contributed by atoms with van der Waals surface area (Å²) in [4.78, 5) is 13.6. The molecule has 5 heteroatoms. The Labute approximate surface area is 105 Å². The van der Waals surface area contributed by atoms with Crippen molar-refractivity contribution in [1.82, 2.24) is 4.90 Å². The Bertz CT molecular complexity index is 264. The van der Waals surface area contributed by atoms with Crippen LogP contribution in [0.15, 0.2) is 0 Å². The summed E-state index contributed by atoms with van der Waals surface area (Å²) in [6.45, 7) is 9.31. The maximum absolute atomic E-state index is 11.9. The lowest BCUT2D eigenvalue weighted by atomic mass is 10.1. The largest absolute Gasteiger partial charge is 0.444 e. The van der Waals surface area contributed by atoms with Crippen LogP contribution >= 0.6 is 15.9 Å². The highest BCUT2D eigenvalue weighted by Gasteiger charge is 2.35. The van der Waals surface area contributed by atoms with E-state index in [1.807, 2.05) is 27.7 Å². The second kappa shape index (κ2) is 4.92. The number of carbonyl (C=O) groups is 1. The first-order valence-corrected chi connectivity index (χ1v) is 6.56. The van der Waals surface area contributed by atoms with Crippen molar-refractivity contribution < 1.29 is 14.3 Å². The first-order valence-electron chi connectivity index (χ1n) is 5.44. The zero-order valence-electron chi connectivity index (χ0n) is 10.4. The van der Waals surface area contributed by atoms with E-state index >= 15 is 0 Å². The van der Waals surface area contributed by atoms with Crippen LogP contribution in [0.3, 0.4) is 0 Å². The highest BCUT2D eigenvalue weighted by Crippen LogP contribution is 2.21. The highest BCUT2D eigenvalue weighted by molar-refractivity contribution is 9.09. The number of hydrogen-bond donors (Lipinski definition) is 0. The van der Waals surface area contributed by atoms with Crippen molar-refractivity contribution in [2.75, 3.05) is 25.0 Å². The van der Waals surface area contributed by atoms with Gasteiger partial charge in [-0.25, -0.2) is 4.79 Å². The van der Waals surface area contributed by atoms with Gasteiger partial charge in [0.1, 0.15) is 5.60 Å². The van der Waals surface area contributed by atoms with Gasteiger partial charge in [-0.15, -0.1) is 0 Å². The molecular formula is C11H20BrNO3. The summed E-state index contributed by atoms with van der Waals surface area (Å²) in [7, 11) is 0. The summed E-state index contributed by atoms with van der Waals surface area (Å²) in [6, 6.07) is 0. The maximum Gasteiger partial charge on any atom is 0.410 e. The van der Waals surface area contributed by atoms with Crippen molar-refractivity contribution >= 4 is 22.0 Å². The van der Waals surface area contributed by atoms with E-state index in [0.29, 0.717) is 25.0 Å². The number of halogens is 1. The number of alkyl halides is 1. The molecule has 0 aromatic heterocycles. The molecule has 0 N–H and O–H groups in total. The molecule has 1 rings (SSSR count). The molecule has 0 unspecified atom stereocenters. The minimum atomic E-state index is -0.444. The first-order chi connectivity index (χ1) is 7.26. The van der Waals surface area contributed by atoms with Gasteiger partial charge in [-0.3, -0.25) is 0 Å². The Morgan fingerprint density at radius 3 is 2.69 bits per heavy atom. The molecule has 94 valence electrons. The normalized spacial score (nSPS) is 26.7. The summed E-state index contributed by atoms with van der Waals surface area (Å²) < 4.78 is 11.0. The Kier molecular flexibility index (Phi) is 4.23. The molecule has 1 heterocycles. The summed E-state index contributed by atoms with van der Waals surface area (Å²) in [5.74, 6) is 0. The molecule has 16 heavy (non-hydrogen) atoms. The molecule has 0 aromatic rings. The molecule has 0 aromatic carbocycles. The van der Waals surface area contributed by atoms with Gasteiger partial charge in [0.15, 0.2) is 0 Å². The second-order valence-corrected chi connectivity index (χ2v) is 5.89. The Morgan fingerprint density at radius 2 is 2.19 bits per heavy atom. The van der Waals surface area contributed by atoms with Crippen LogP contribution in [-0.4, -0.2) is 47.2 Å². The highest BCUT2D eigenvalue weighted by atomic mass is 79.9. The van der Waals surface area contributed by atoms with Gasteiger partial charge in [0.05, 0.1) is 18.8 Å². The van der Waals surface area contributed by atoms with E-state index in [1.165, 1.54) is 0 Å². The average Bonchev–Trinajstić information content (AvgIpc) is 2.15. The average molecular weight is 294 g/mol. The van der Waals surface area contributed by atoms with Gasteiger partial charge in [-0.2, -0.15) is 0 Å². The molecule has 1 fully saturated rings. The fourth-order valence-electron chi connectivity index (χ4n) is 1.49. The third-order valence-electron chi connectivity index (χ3n) is 2.27. The molecule has 1 saturated heterocycles. The van der Waals surface area contributed by atoms with Crippen LogP contribution in [0.5, 0.6) is 0 Å². The van der Waals surface area contributed by atoms with Crippen LogP contribution in [0.2, 0.25) is 0 Å². The molecule has 1 atom stereocenters. The van der Waals surface area contributed by atoms with E-state index in [4.69, 9.17) is 9.47 Å². The van der Waals surface area contributed by atoms with E-state index in [2.05, 4.69) is 15.9 Å². The van der Waals surface area contributed by atoms with Crippen LogP contribution in [-0.2, 0) is 9.47 Å². The second-order valence-electron chi connectivity index (χ2n) is 5.33. The van der Waals surface area contributed by atoms with Crippen LogP contribution in [0.1, 0.15) is 27.7 Å². The molecule has 1 aliphatic heterocycles. The predicted octanol–water partition coefficient (Wildman–Crippen LogP) is 2.41. The summed E-state index contributed by atoms with van der Waals surface area (Å²) in [6.07, 6.45) is -0.261. The monoisotopic (exact) mass is 293 g/mol. The van der Waals surface area contributed by atoms with E-state index in [-0.39, 0.29) is 11.7 Å². The molecular weight excluding hydrogens is 274 g/mol. The number of ether oxygens (including phenoxy) is 2. The number of hydrogen-bond acceptors (Lipinski definition) is 3. The minimum Gasteiger partial charge on any atom is -0.444 e. The van der Waals surface area contributed by atoms with Crippen LogP contribution < -0.4 is 0 Å². The zero-order valence-corrected chi connectivity index (χ0v) is 12.0. The minimum absolute atomic E-state index is 0.261. The molecule has 0 saturated carbocycles. The van der Waals surface area contributed by atoms with Gasteiger partial charge in [-0.05, 0) is 27.7 Å². The van der Waals surface area contributed by atoms with Gasteiger partial charge in [0.25, 0.3) is 0 Å². The summed E-state index contributed by atoms with van der Waals surface area (Å²) >= 11 is 3.40. The smallest absolute Gasteiger partial charge is 0.410 e. The van der Waals surface area contributed by atoms with Gasteiger partial charge >= 0.3 is 6.09 Å². The molecule has 1 aliphatic rings. The maximum atomic E-state index is 11.9. The number of carbonyl (C=O) groups excluding carboxylic acids is 1. The van der Waals surface area contributed by atoms with E-state index in [1.54, 1.807) is 4.90 Å². The Balaban J connectivity index is 2.57. The molecule has 0 bridgehead atoms. The van der Waals surface area contributed by atoms with Crippen LogP contribution in [0, 0.1) is 0 Å². The summed E-state index contributed by atoms with van der Waals surface area (Å²) in [5, 5.41) is 0.708. The Morgan fingerprint density at radius 1 is 1.56 bits per heavy atom. The number of rotatable bonds is 1. The van der Waals surface area contributed by atoms with Gasteiger partial charge in [0.2, 0.25) is 0 Å². The van der Waals surface area contributed by atoms with Crippen molar-refractivity contribution in [2.24, 2.45) is 0 Å². The first kappa shape index (κ1) is 13.8. The fraction of sp³-hybridized carbons (Fsp3) is 0.909. The van der Waals surface area contributed by atoms with E-state index in [0.717, 1.165) is 0 Å². The molecule has 0 radical (unpaired) electrons. The summed E-state index contributed by atoms with van der Waals surface area (Å²) in [5.41, 5.74) is -0.755. The standard InChI is InChI=1S/C11H20BrNO3/c1-10(2,3)16-9(14)13-5-6-15-11(4,7-12)8-13/h5-8H2,1-4H3/t11-/m0/s1. The van der Waals surface area contributed by atoms with E-state index < -0.39 is 5.60 Å².